The summed E-state index contributed by atoms with van der Waals surface area (Å²) < 4.78 is 6.76. The number of hydrogen-bond acceptors (Lipinski definition) is 7. The summed E-state index contributed by atoms with van der Waals surface area (Å²) in [6.07, 6.45) is 1.36. The summed E-state index contributed by atoms with van der Waals surface area (Å²) in [5.74, 6) is -1.28. The molecule has 5 rings (SSSR count). The molecule has 0 saturated heterocycles. The highest BCUT2D eigenvalue weighted by Crippen LogP contribution is 2.29. The molecule has 0 aliphatic heterocycles. The highest BCUT2D eigenvalue weighted by atomic mass is 16.5. The van der Waals surface area contributed by atoms with Crippen LogP contribution in [0.25, 0.3) is 5.82 Å². The highest BCUT2D eigenvalue weighted by molar-refractivity contribution is 6.28. The van der Waals surface area contributed by atoms with E-state index in [-0.39, 0.29) is 28.3 Å². The molecule has 1 aliphatic rings. The highest BCUT2D eigenvalue weighted by Gasteiger charge is 2.29. The number of anilines is 1. The number of benzene rings is 2. The van der Waals surface area contributed by atoms with Gasteiger partial charge in [-0.3, -0.25) is 14.4 Å². The average Bonchev–Trinajstić information content (AvgIpc) is 3.23. The van der Waals surface area contributed by atoms with Gasteiger partial charge in [0.2, 0.25) is 0 Å². The van der Waals surface area contributed by atoms with Gasteiger partial charge in [-0.15, -0.1) is 0 Å². The number of aryl methyl sites for hydroxylation is 2. The number of rotatable bonds is 5. The Kier molecular flexibility index (Phi) is 5.73. The number of amides is 1. The fourth-order valence-electron chi connectivity index (χ4n) is 4.08. The molecule has 2 aromatic carbocycles. The van der Waals surface area contributed by atoms with E-state index in [0.29, 0.717) is 22.6 Å². The molecule has 0 spiro atoms. The van der Waals surface area contributed by atoms with Crippen molar-refractivity contribution < 1.29 is 23.9 Å². The van der Waals surface area contributed by atoms with E-state index in [1.807, 2.05) is 19.9 Å². The van der Waals surface area contributed by atoms with Gasteiger partial charge in [-0.1, -0.05) is 24.3 Å². The maximum absolute atomic E-state index is 12.9. The Balaban J connectivity index is 1.22. The van der Waals surface area contributed by atoms with E-state index in [1.165, 1.54) is 24.4 Å². The van der Waals surface area contributed by atoms with Crippen LogP contribution in [-0.4, -0.2) is 44.8 Å². The van der Waals surface area contributed by atoms with E-state index in [9.17, 15) is 19.2 Å². The molecule has 2 heterocycles. The predicted molar refractivity (Wildman–Crippen MR) is 129 cm³/mol. The van der Waals surface area contributed by atoms with Crippen molar-refractivity contribution in [1.29, 1.82) is 0 Å². The summed E-state index contributed by atoms with van der Waals surface area (Å²) in [6.45, 7) is 3.24. The summed E-state index contributed by atoms with van der Waals surface area (Å²) in [5, 5.41) is 6.94. The molecule has 0 atom stereocenters. The van der Waals surface area contributed by atoms with Crippen LogP contribution in [0.4, 0.5) is 5.69 Å². The van der Waals surface area contributed by atoms with Crippen molar-refractivity contribution in [2.24, 2.45) is 0 Å². The molecule has 9 nitrogen and oxygen atoms in total. The van der Waals surface area contributed by atoms with Crippen molar-refractivity contribution in [1.82, 2.24) is 14.8 Å². The normalized spacial score (nSPS) is 12.1. The summed E-state index contributed by atoms with van der Waals surface area (Å²) in [6, 6.07) is 16.2. The Hall–Kier alpha value is -4.92. The van der Waals surface area contributed by atoms with Crippen molar-refractivity contribution in [3.05, 3.63) is 106 Å². The molecule has 0 saturated carbocycles. The zero-order valence-electron chi connectivity index (χ0n) is 19.4. The minimum atomic E-state index is -0.708. The Morgan fingerprint density at radius 2 is 1.58 bits per heavy atom. The number of esters is 1. The first-order valence-corrected chi connectivity index (χ1v) is 11.1. The average molecular weight is 480 g/mol. The zero-order chi connectivity index (χ0) is 25.4. The number of hydrogen-bond donors (Lipinski definition) is 1. The number of nitrogens with one attached hydrogen (secondary N) is 1. The van der Waals surface area contributed by atoms with E-state index in [1.54, 1.807) is 41.1 Å². The quantitative estimate of drug-likeness (QED) is 0.383. The smallest absolute Gasteiger partial charge is 0.340 e. The van der Waals surface area contributed by atoms with Gasteiger partial charge in [-0.2, -0.15) is 5.10 Å². The molecule has 2 aromatic heterocycles. The molecule has 0 radical (unpaired) electrons. The molecule has 1 N–H and O–H groups in total. The third-order valence-corrected chi connectivity index (χ3v) is 5.75. The number of aromatic nitrogens is 3. The maximum Gasteiger partial charge on any atom is 0.340 e. The van der Waals surface area contributed by atoms with Crippen LogP contribution in [0.15, 0.2) is 66.9 Å². The fourth-order valence-corrected chi connectivity index (χ4v) is 4.08. The molecular formula is C27H20N4O5. The second-order valence-electron chi connectivity index (χ2n) is 8.33. The van der Waals surface area contributed by atoms with Crippen LogP contribution in [0.5, 0.6) is 0 Å². The topological polar surface area (TPSA) is 120 Å². The van der Waals surface area contributed by atoms with Crippen LogP contribution in [0.1, 0.15) is 53.6 Å². The van der Waals surface area contributed by atoms with Crippen molar-refractivity contribution in [2.45, 2.75) is 13.8 Å². The maximum atomic E-state index is 12.9. The van der Waals surface area contributed by atoms with Gasteiger partial charge in [0.05, 0.1) is 11.3 Å². The Morgan fingerprint density at radius 3 is 2.22 bits per heavy atom. The molecule has 178 valence electrons. The van der Waals surface area contributed by atoms with E-state index in [0.717, 1.165) is 11.4 Å². The third kappa shape index (κ3) is 4.18. The fraction of sp³-hybridized carbons (Fsp3) is 0.111. The Labute approximate surface area is 205 Å². The van der Waals surface area contributed by atoms with Gasteiger partial charge >= 0.3 is 5.97 Å². The van der Waals surface area contributed by atoms with Crippen LogP contribution in [0, 0.1) is 13.8 Å². The SMILES string of the molecule is Cc1cc(C)n(-c2ccc(C(=O)OCC(=O)Nc3ccc4c(c3)C(=O)c3ccccc3C4=O)cn2)n1. The van der Waals surface area contributed by atoms with Crippen LogP contribution in [0.2, 0.25) is 0 Å². The third-order valence-electron chi connectivity index (χ3n) is 5.75. The lowest BCUT2D eigenvalue weighted by molar-refractivity contribution is -0.119. The van der Waals surface area contributed by atoms with Gasteiger partial charge in [0.1, 0.15) is 0 Å². The second-order valence-corrected chi connectivity index (χ2v) is 8.33. The number of nitrogens with zero attached hydrogens (tertiary/aromatic N) is 3. The van der Waals surface area contributed by atoms with E-state index in [2.05, 4.69) is 15.4 Å². The van der Waals surface area contributed by atoms with Crippen molar-refractivity contribution >= 4 is 29.1 Å². The lowest BCUT2D eigenvalue weighted by atomic mass is 9.84. The van der Waals surface area contributed by atoms with E-state index >= 15 is 0 Å². The minimum Gasteiger partial charge on any atom is -0.452 e. The van der Waals surface area contributed by atoms with Gasteiger partial charge in [0.25, 0.3) is 5.91 Å². The number of ketones is 2. The number of pyridine rings is 1. The largest absolute Gasteiger partial charge is 0.452 e. The zero-order valence-corrected chi connectivity index (χ0v) is 19.4. The van der Waals surface area contributed by atoms with Gasteiger partial charge in [-0.25, -0.2) is 14.5 Å². The molecular weight excluding hydrogens is 460 g/mol. The van der Waals surface area contributed by atoms with Crippen molar-refractivity contribution in [3.8, 4) is 5.82 Å². The number of fused-ring (bicyclic) bond motifs is 2. The molecule has 9 heteroatoms. The lowest BCUT2D eigenvalue weighted by Crippen LogP contribution is -2.23. The first-order valence-electron chi connectivity index (χ1n) is 11.1. The molecule has 4 aromatic rings. The molecule has 0 fully saturated rings. The van der Waals surface area contributed by atoms with E-state index in [4.69, 9.17) is 4.74 Å². The van der Waals surface area contributed by atoms with E-state index < -0.39 is 18.5 Å². The number of ether oxygens (including phenoxy) is 1. The molecule has 0 unspecified atom stereocenters. The van der Waals surface area contributed by atoms with Crippen molar-refractivity contribution in [3.63, 3.8) is 0 Å². The summed E-state index contributed by atoms with van der Waals surface area (Å²) >= 11 is 0. The van der Waals surface area contributed by atoms with Crippen LogP contribution < -0.4 is 5.32 Å². The summed E-state index contributed by atoms with van der Waals surface area (Å²) in [5.41, 5.74) is 3.42. The van der Waals surface area contributed by atoms with Crippen LogP contribution >= 0.6 is 0 Å². The minimum absolute atomic E-state index is 0.185. The van der Waals surface area contributed by atoms with Gasteiger partial charge in [0.15, 0.2) is 24.0 Å². The Morgan fingerprint density at radius 1 is 0.889 bits per heavy atom. The molecule has 1 amide bonds. The van der Waals surface area contributed by atoms with Gasteiger partial charge < -0.3 is 10.1 Å². The Bertz CT molecular complexity index is 1550. The van der Waals surface area contributed by atoms with Crippen LogP contribution in [-0.2, 0) is 9.53 Å². The van der Waals surface area contributed by atoms with Crippen LogP contribution in [0.3, 0.4) is 0 Å². The molecule has 36 heavy (non-hydrogen) atoms. The molecule has 0 bridgehead atoms. The first kappa shape index (κ1) is 22.9. The monoisotopic (exact) mass is 480 g/mol. The number of carbonyl (C=O) groups is 4. The summed E-state index contributed by atoms with van der Waals surface area (Å²) in [4.78, 5) is 54.5. The predicted octanol–water partition coefficient (Wildman–Crippen LogP) is 3.46. The van der Waals surface area contributed by atoms with Crippen molar-refractivity contribution in [2.75, 3.05) is 11.9 Å². The van der Waals surface area contributed by atoms with Gasteiger partial charge in [0, 0.05) is 39.8 Å². The standard InChI is InChI=1S/C27H20N4O5/c1-15-11-16(2)31(30-15)23-10-7-17(13-28-23)27(35)36-14-24(32)29-18-8-9-21-22(12-18)26(34)20-6-4-3-5-19(20)25(21)33/h3-13H,14H2,1-2H3,(H,29,32). The van der Waals surface area contributed by atoms with Gasteiger partial charge in [-0.05, 0) is 50.2 Å². The summed E-state index contributed by atoms with van der Waals surface area (Å²) in [7, 11) is 0. The first-order chi connectivity index (χ1) is 17.3. The lowest BCUT2D eigenvalue weighted by Gasteiger charge is -2.18. The molecule has 1 aliphatic carbocycles. The number of carbonyl (C=O) groups excluding carboxylic acids is 4. The second kappa shape index (κ2) is 9.03.